The molecule has 90 valence electrons. The molecule has 1 atom stereocenters. The number of hydrogen-bond donors (Lipinski definition) is 1. The first kappa shape index (κ1) is 14.1. The SMILES string of the molecule is CCSCCCN[C@H](C)c1cccc(Br)c1. The second-order valence-corrected chi connectivity index (χ2v) is 6.09. The van der Waals surface area contributed by atoms with E-state index < -0.39 is 0 Å². The molecule has 1 aromatic rings. The lowest BCUT2D eigenvalue weighted by Gasteiger charge is -2.14. The minimum absolute atomic E-state index is 0.434. The lowest BCUT2D eigenvalue weighted by molar-refractivity contribution is 0.572. The fourth-order valence-corrected chi connectivity index (χ4v) is 2.59. The third-order valence-corrected chi connectivity index (χ3v) is 3.95. The second-order valence-electron chi connectivity index (χ2n) is 3.78. The highest BCUT2D eigenvalue weighted by atomic mass is 79.9. The van der Waals surface area contributed by atoms with Crippen LogP contribution in [0.3, 0.4) is 0 Å². The maximum atomic E-state index is 3.55. The number of nitrogens with one attached hydrogen (secondary N) is 1. The Bertz CT molecular complexity index is 304. The van der Waals surface area contributed by atoms with Crippen molar-refractivity contribution in [3.05, 3.63) is 34.3 Å². The summed E-state index contributed by atoms with van der Waals surface area (Å²) in [5.74, 6) is 2.48. The molecule has 0 aliphatic rings. The zero-order chi connectivity index (χ0) is 11.8. The quantitative estimate of drug-likeness (QED) is 0.756. The summed E-state index contributed by atoms with van der Waals surface area (Å²) in [4.78, 5) is 0. The van der Waals surface area contributed by atoms with Crippen molar-refractivity contribution >= 4 is 27.7 Å². The van der Waals surface area contributed by atoms with Gasteiger partial charge in [-0.1, -0.05) is 35.0 Å². The molecular weight excluding hydrogens is 282 g/mol. The van der Waals surface area contributed by atoms with E-state index in [0.717, 1.165) is 11.0 Å². The lowest BCUT2D eigenvalue weighted by atomic mass is 10.1. The Labute approximate surface area is 112 Å². The number of hydrogen-bond acceptors (Lipinski definition) is 2. The molecule has 1 rings (SSSR count). The van der Waals surface area contributed by atoms with Crippen LogP contribution in [0.1, 0.15) is 31.9 Å². The van der Waals surface area contributed by atoms with E-state index in [4.69, 9.17) is 0 Å². The summed E-state index contributed by atoms with van der Waals surface area (Å²) in [6.45, 7) is 5.53. The maximum Gasteiger partial charge on any atom is 0.0292 e. The van der Waals surface area contributed by atoms with Crippen LogP contribution in [0.15, 0.2) is 28.7 Å². The van der Waals surface area contributed by atoms with Gasteiger partial charge < -0.3 is 5.32 Å². The zero-order valence-corrected chi connectivity index (χ0v) is 12.4. The fourth-order valence-electron chi connectivity index (χ4n) is 1.53. The van der Waals surface area contributed by atoms with Crippen molar-refractivity contribution in [2.45, 2.75) is 26.3 Å². The number of thioether (sulfide) groups is 1. The molecular formula is C13H20BrNS. The van der Waals surface area contributed by atoms with Crippen molar-refractivity contribution in [1.82, 2.24) is 5.32 Å². The Morgan fingerprint density at radius 1 is 1.44 bits per heavy atom. The van der Waals surface area contributed by atoms with E-state index in [1.807, 2.05) is 11.8 Å². The topological polar surface area (TPSA) is 12.0 Å². The van der Waals surface area contributed by atoms with Crippen LogP contribution < -0.4 is 5.32 Å². The molecule has 0 heterocycles. The van der Waals surface area contributed by atoms with Crippen molar-refractivity contribution in [1.29, 1.82) is 0 Å². The van der Waals surface area contributed by atoms with Crippen molar-refractivity contribution in [2.24, 2.45) is 0 Å². The van der Waals surface area contributed by atoms with Gasteiger partial charge in [-0.05, 0) is 49.1 Å². The molecule has 1 aromatic carbocycles. The molecule has 0 radical (unpaired) electrons. The van der Waals surface area contributed by atoms with E-state index in [0.29, 0.717) is 6.04 Å². The van der Waals surface area contributed by atoms with Gasteiger partial charge in [-0.3, -0.25) is 0 Å². The predicted octanol–water partition coefficient (Wildman–Crippen LogP) is 4.24. The molecule has 1 N–H and O–H groups in total. The van der Waals surface area contributed by atoms with Gasteiger partial charge in [0.15, 0.2) is 0 Å². The molecule has 1 nitrogen and oxygen atoms in total. The summed E-state index contributed by atoms with van der Waals surface area (Å²) in [6, 6.07) is 8.93. The number of rotatable bonds is 7. The van der Waals surface area contributed by atoms with Gasteiger partial charge in [-0.25, -0.2) is 0 Å². The van der Waals surface area contributed by atoms with Crippen LogP contribution in [-0.2, 0) is 0 Å². The summed E-state index contributed by atoms with van der Waals surface area (Å²) in [5, 5.41) is 3.55. The first-order chi connectivity index (χ1) is 7.74. The van der Waals surface area contributed by atoms with Gasteiger partial charge >= 0.3 is 0 Å². The first-order valence-electron chi connectivity index (χ1n) is 5.80. The Morgan fingerprint density at radius 3 is 2.94 bits per heavy atom. The van der Waals surface area contributed by atoms with Crippen LogP contribution in [0.5, 0.6) is 0 Å². The summed E-state index contributed by atoms with van der Waals surface area (Å²) in [6.07, 6.45) is 1.25. The van der Waals surface area contributed by atoms with Gasteiger partial charge in [0.05, 0.1) is 0 Å². The van der Waals surface area contributed by atoms with Crippen molar-refractivity contribution in [2.75, 3.05) is 18.1 Å². The van der Waals surface area contributed by atoms with Crippen molar-refractivity contribution < 1.29 is 0 Å². The van der Waals surface area contributed by atoms with Gasteiger partial charge in [0.25, 0.3) is 0 Å². The molecule has 0 bridgehead atoms. The highest BCUT2D eigenvalue weighted by molar-refractivity contribution is 9.10. The van der Waals surface area contributed by atoms with Gasteiger partial charge in [-0.15, -0.1) is 0 Å². The fraction of sp³-hybridized carbons (Fsp3) is 0.538. The highest BCUT2D eigenvalue weighted by Gasteiger charge is 2.03. The molecule has 0 aliphatic heterocycles. The molecule has 0 amide bonds. The molecule has 0 fully saturated rings. The Balaban J connectivity index is 2.27. The minimum atomic E-state index is 0.434. The maximum absolute atomic E-state index is 3.55. The van der Waals surface area contributed by atoms with Gasteiger partial charge in [0.1, 0.15) is 0 Å². The van der Waals surface area contributed by atoms with Crippen LogP contribution in [0, 0.1) is 0 Å². The van der Waals surface area contributed by atoms with Crippen LogP contribution in [0.25, 0.3) is 0 Å². The van der Waals surface area contributed by atoms with E-state index in [1.54, 1.807) is 0 Å². The molecule has 0 aromatic heterocycles. The molecule has 0 aliphatic carbocycles. The minimum Gasteiger partial charge on any atom is -0.310 e. The molecule has 16 heavy (non-hydrogen) atoms. The van der Waals surface area contributed by atoms with E-state index >= 15 is 0 Å². The summed E-state index contributed by atoms with van der Waals surface area (Å²) < 4.78 is 1.15. The Hall–Kier alpha value is 0.01000. The zero-order valence-electron chi connectivity index (χ0n) is 10.0. The van der Waals surface area contributed by atoms with Crippen LogP contribution >= 0.6 is 27.7 Å². The van der Waals surface area contributed by atoms with Crippen molar-refractivity contribution in [3.8, 4) is 0 Å². The smallest absolute Gasteiger partial charge is 0.0292 e. The summed E-state index contributed by atoms with van der Waals surface area (Å²) >= 11 is 5.51. The lowest BCUT2D eigenvalue weighted by Crippen LogP contribution is -2.20. The van der Waals surface area contributed by atoms with E-state index in [9.17, 15) is 0 Å². The van der Waals surface area contributed by atoms with E-state index in [1.165, 1.54) is 23.5 Å². The van der Waals surface area contributed by atoms with E-state index in [-0.39, 0.29) is 0 Å². The van der Waals surface area contributed by atoms with Crippen LogP contribution in [-0.4, -0.2) is 18.1 Å². The van der Waals surface area contributed by atoms with Crippen LogP contribution in [0.4, 0.5) is 0 Å². The van der Waals surface area contributed by atoms with Crippen LogP contribution in [0.2, 0.25) is 0 Å². The van der Waals surface area contributed by atoms with Gasteiger partial charge in [0, 0.05) is 10.5 Å². The largest absolute Gasteiger partial charge is 0.310 e. The average molecular weight is 302 g/mol. The Morgan fingerprint density at radius 2 is 2.25 bits per heavy atom. The molecule has 3 heteroatoms. The molecule has 0 unspecified atom stereocenters. The van der Waals surface area contributed by atoms with Gasteiger partial charge in [0.2, 0.25) is 0 Å². The summed E-state index contributed by atoms with van der Waals surface area (Å²) in [7, 11) is 0. The predicted molar refractivity (Wildman–Crippen MR) is 78.2 cm³/mol. The Kier molecular flexibility index (Phi) is 7.17. The third-order valence-electron chi connectivity index (χ3n) is 2.47. The number of benzene rings is 1. The van der Waals surface area contributed by atoms with E-state index in [2.05, 4.69) is 59.4 Å². The third kappa shape index (κ3) is 5.37. The summed E-state index contributed by atoms with van der Waals surface area (Å²) in [5.41, 5.74) is 1.34. The first-order valence-corrected chi connectivity index (χ1v) is 7.75. The van der Waals surface area contributed by atoms with Crippen molar-refractivity contribution in [3.63, 3.8) is 0 Å². The normalized spacial score (nSPS) is 12.7. The standard InChI is InChI=1S/C13H20BrNS/c1-3-16-9-5-8-15-11(2)12-6-4-7-13(14)10-12/h4,6-7,10-11,15H,3,5,8-9H2,1-2H3/t11-/m1/s1. The monoisotopic (exact) mass is 301 g/mol. The number of halogens is 1. The molecule has 0 spiro atoms. The van der Waals surface area contributed by atoms with Gasteiger partial charge in [-0.2, -0.15) is 11.8 Å². The molecule has 0 saturated heterocycles. The second kappa shape index (κ2) is 8.15. The highest BCUT2D eigenvalue weighted by Crippen LogP contribution is 2.17. The average Bonchev–Trinajstić information content (AvgIpc) is 2.28. The molecule has 0 saturated carbocycles.